The first-order chi connectivity index (χ1) is 32.0. The molecule has 0 amide bonds. The van der Waals surface area contributed by atoms with Crippen LogP contribution >= 0.6 is 0 Å². The Balaban J connectivity index is 0.000000167. The van der Waals surface area contributed by atoms with Crippen molar-refractivity contribution < 1.29 is 4.42 Å². The molecule has 3 aromatic heterocycles. The van der Waals surface area contributed by atoms with Gasteiger partial charge >= 0.3 is 0 Å². The van der Waals surface area contributed by atoms with E-state index in [0.717, 1.165) is 50.2 Å². The molecule has 3 heterocycles. The minimum absolute atomic E-state index is 0. The van der Waals surface area contributed by atoms with Gasteiger partial charge in [0.05, 0.1) is 22.1 Å². The van der Waals surface area contributed by atoms with E-state index >= 15 is 0 Å². The molecule has 0 atom stereocenters. The normalized spacial score (nSPS) is 11.7. The molecule has 0 aliphatic heterocycles. The Kier molecular flexibility index (Phi) is 11.8. The van der Waals surface area contributed by atoms with Crippen LogP contribution in [-0.4, -0.2) is 9.13 Å². The minimum Gasteiger partial charge on any atom is -0.454 e. The molecular formula is C64H61N3O. The van der Waals surface area contributed by atoms with Crippen LogP contribution in [0.15, 0.2) is 217 Å². The molecule has 4 heteroatoms. The molecule has 0 aliphatic rings. The Labute approximate surface area is 401 Å². The molecule has 0 unspecified atom stereocenters. The van der Waals surface area contributed by atoms with Gasteiger partial charge in [0.25, 0.3) is 0 Å². The van der Waals surface area contributed by atoms with Crippen LogP contribution < -0.4 is 4.90 Å². The van der Waals surface area contributed by atoms with Crippen LogP contribution in [-0.2, 0) is 10.8 Å². The summed E-state index contributed by atoms with van der Waals surface area (Å²) in [5.74, 6) is 0. The number of para-hydroxylation sites is 5. The maximum Gasteiger partial charge on any atom is 0.160 e. The molecule has 0 fully saturated rings. The summed E-state index contributed by atoms with van der Waals surface area (Å²) in [5.41, 5.74) is 15.3. The van der Waals surface area contributed by atoms with E-state index < -0.39 is 0 Å². The molecule has 0 aliphatic carbocycles. The second-order valence-corrected chi connectivity index (χ2v) is 19.4. The summed E-state index contributed by atoms with van der Waals surface area (Å²) in [4.78, 5) is 2.32. The van der Waals surface area contributed by atoms with Crippen molar-refractivity contribution in [3.63, 3.8) is 0 Å². The van der Waals surface area contributed by atoms with Crippen LogP contribution in [0.5, 0.6) is 0 Å². The van der Waals surface area contributed by atoms with Crippen molar-refractivity contribution in [1.29, 1.82) is 0 Å². The summed E-state index contributed by atoms with van der Waals surface area (Å²) >= 11 is 0. The molecule has 0 radical (unpaired) electrons. The number of hydrogen-bond donors (Lipinski definition) is 0. The zero-order valence-corrected chi connectivity index (χ0v) is 38.5. The SMILES string of the molecule is C.C.CC(C)(C)c1ccc(-n2c3ccccc3c3ccc(N(c4ccccc4)c4ccccc4)cc32)cc1.CC(C)(C)c1ccc(-n2c3ccccc3c3ccc4c5ccccc5oc4c32)cc1. The van der Waals surface area contributed by atoms with Crippen molar-refractivity contribution >= 4 is 82.6 Å². The van der Waals surface area contributed by atoms with Crippen LogP contribution in [0.2, 0.25) is 0 Å². The van der Waals surface area contributed by atoms with Crippen molar-refractivity contribution in [3.05, 3.63) is 223 Å². The highest BCUT2D eigenvalue weighted by molar-refractivity contribution is 6.21. The Bertz CT molecular complexity index is 3650. The first-order valence-electron chi connectivity index (χ1n) is 23.0. The standard InChI is InChI=1S/C34H30N2.C28H23NO.2CH4/c1-34(2,3)25-18-20-28(21-19-25)36-32-17-11-10-16-30(32)31-23-22-29(24-33(31)36)35(26-12-6-4-7-13-26)27-14-8-5-9-15-27;1-28(2,3)18-12-14-19(15-13-18)29-24-10-6-4-8-20(24)22-16-17-23-21-9-5-7-11-25(21)30-27(23)26(22)29;;/h4-24H,1-3H3;4-17H,1-3H3;2*1H4. The largest absolute Gasteiger partial charge is 0.454 e. The van der Waals surface area contributed by atoms with Gasteiger partial charge in [-0.1, -0.05) is 184 Å². The molecular weight excluding hydrogens is 827 g/mol. The number of anilines is 3. The zero-order valence-electron chi connectivity index (χ0n) is 38.5. The highest BCUT2D eigenvalue weighted by atomic mass is 16.3. The van der Waals surface area contributed by atoms with E-state index in [1.54, 1.807) is 0 Å². The summed E-state index contributed by atoms with van der Waals surface area (Å²) in [6, 6.07) is 76.0. The summed E-state index contributed by atoms with van der Waals surface area (Å²) in [5, 5.41) is 7.31. The molecule has 12 rings (SSSR count). The highest BCUT2D eigenvalue weighted by Gasteiger charge is 2.21. The molecule has 0 saturated carbocycles. The van der Waals surface area contributed by atoms with Gasteiger partial charge in [-0.25, -0.2) is 0 Å². The van der Waals surface area contributed by atoms with E-state index in [1.165, 1.54) is 54.9 Å². The van der Waals surface area contributed by atoms with E-state index in [9.17, 15) is 0 Å². The summed E-state index contributed by atoms with van der Waals surface area (Å²) in [6.07, 6.45) is 0. The van der Waals surface area contributed by atoms with Gasteiger partial charge in [-0.15, -0.1) is 0 Å². The third kappa shape index (κ3) is 7.90. The lowest BCUT2D eigenvalue weighted by molar-refractivity contribution is 0.590. The molecule has 68 heavy (non-hydrogen) atoms. The van der Waals surface area contributed by atoms with E-state index in [0.29, 0.717) is 0 Å². The van der Waals surface area contributed by atoms with Crippen LogP contribution in [0.3, 0.4) is 0 Å². The number of benzene rings is 9. The predicted molar refractivity (Wildman–Crippen MR) is 294 cm³/mol. The van der Waals surface area contributed by atoms with Crippen LogP contribution in [0.4, 0.5) is 17.1 Å². The Hall–Kier alpha value is -7.82. The summed E-state index contributed by atoms with van der Waals surface area (Å²) in [7, 11) is 0. The second-order valence-electron chi connectivity index (χ2n) is 19.4. The topological polar surface area (TPSA) is 26.2 Å². The maximum absolute atomic E-state index is 6.41. The summed E-state index contributed by atoms with van der Waals surface area (Å²) < 4.78 is 11.2. The quantitative estimate of drug-likeness (QED) is 0.172. The number of nitrogens with zero attached hydrogens (tertiary/aromatic N) is 3. The second kappa shape index (κ2) is 17.8. The van der Waals surface area contributed by atoms with Crippen molar-refractivity contribution in [1.82, 2.24) is 9.13 Å². The van der Waals surface area contributed by atoms with Crippen LogP contribution in [0.1, 0.15) is 67.5 Å². The van der Waals surface area contributed by atoms with Crippen molar-refractivity contribution in [2.45, 2.75) is 67.2 Å². The van der Waals surface area contributed by atoms with Gasteiger partial charge in [0.15, 0.2) is 5.58 Å². The average molecular weight is 888 g/mol. The Morgan fingerprint density at radius 3 is 1.34 bits per heavy atom. The number of aromatic nitrogens is 2. The number of rotatable bonds is 5. The van der Waals surface area contributed by atoms with Crippen molar-refractivity contribution in [3.8, 4) is 11.4 Å². The lowest BCUT2D eigenvalue weighted by Crippen LogP contribution is -2.11. The smallest absolute Gasteiger partial charge is 0.160 e. The number of hydrogen-bond acceptors (Lipinski definition) is 2. The van der Waals surface area contributed by atoms with E-state index in [4.69, 9.17) is 4.42 Å². The minimum atomic E-state index is 0. The van der Waals surface area contributed by atoms with Crippen LogP contribution in [0, 0.1) is 0 Å². The molecule has 0 saturated heterocycles. The van der Waals surface area contributed by atoms with Gasteiger partial charge in [0.1, 0.15) is 5.58 Å². The monoisotopic (exact) mass is 887 g/mol. The fourth-order valence-electron chi connectivity index (χ4n) is 9.70. The molecule has 0 bridgehead atoms. The predicted octanol–water partition coefficient (Wildman–Crippen LogP) is 18.8. The van der Waals surface area contributed by atoms with E-state index in [1.807, 2.05) is 12.1 Å². The fourth-order valence-corrected chi connectivity index (χ4v) is 9.70. The summed E-state index contributed by atoms with van der Waals surface area (Å²) in [6.45, 7) is 13.5. The van der Waals surface area contributed by atoms with Gasteiger partial charge in [-0.3, -0.25) is 0 Å². The first kappa shape index (κ1) is 45.3. The van der Waals surface area contributed by atoms with Gasteiger partial charge in [0, 0.05) is 60.8 Å². The lowest BCUT2D eigenvalue weighted by Gasteiger charge is -2.25. The number of furan rings is 1. The third-order valence-electron chi connectivity index (χ3n) is 13.1. The molecule has 12 aromatic rings. The van der Waals surface area contributed by atoms with Crippen LogP contribution in [0.25, 0.3) is 76.9 Å². The van der Waals surface area contributed by atoms with E-state index in [2.05, 4.69) is 256 Å². The average Bonchev–Trinajstić information content (AvgIpc) is 4.00. The Morgan fingerprint density at radius 1 is 0.353 bits per heavy atom. The highest BCUT2D eigenvalue weighted by Crippen LogP contribution is 2.42. The fraction of sp³-hybridized carbons (Fsp3) is 0.156. The maximum atomic E-state index is 6.41. The Morgan fingerprint density at radius 2 is 0.779 bits per heavy atom. The lowest BCUT2D eigenvalue weighted by atomic mass is 9.87. The van der Waals surface area contributed by atoms with Crippen molar-refractivity contribution in [2.24, 2.45) is 0 Å². The van der Waals surface area contributed by atoms with E-state index in [-0.39, 0.29) is 25.7 Å². The third-order valence-corrected chi connectivity index (χ3v) is 13.1. The molecule has 0 spiro atoms. The molecule has 0 N–H and O–H groups in total. The van der Waals surface area contributed by atoms with Gasteiger partial charge in [-0.2, -0.15) is 0 Å². The first-order valence-corrected chi connectivity index (χ1v) is 23.0. The number of fused-ring (bicyclic) bond motifs is 10. The van der Waals surface area contributed by atoms with Crippen molar-refractivity contribution in [2.75, 3.05) is 4.90 Å². The van der Waals surface area contributed by atoms with Gasteiger partial charge < -0.3 is 18.5 Å². The van der Waals surface area contributed by atoms with Gasteiger partial charge in [0.2, 0.25) is 0 Å². The molecule has 338 valence electrons. The zero-order chi connectivity index (χ0) is 45.2. The van der Waals surface area contributed by atoms with Gasteiger partial charge in [-0.05, 0) is 107 Å². The molecule has 4 nitrogen and oxygen atoms in total. The molecule has 9 aromatic carbocycles.